The molecule has 7 heteroatoms. The Morgan fingerprint density at radius 2 is 1.84 bits per heavy atom. The fourth-order valence-corrected chi connectivity index (χ4v) is 4.87. The molecule has 1 N–H and O–H groups in total. The maximum atomic E-state index is 12.2. The van der Waals surface area contributed by atoms with Crippen LogP contribution in [0.15, 0.2) is 21.5 Å². The van der Waals surface area contributed by atoms with Crippen molar-refractivity contribution in [2.45, 2.75) is 30.6 Å². The molecule has 1 fully saturated rings. The molecule has 0 saturated heterocycles. The highest BCUT2D eigenvalue weighted by Gasteiger charge is 2.23. The molecule has 1 aromatic carbocycles. The summed E-state index contributed by atoms with van der Waals surface area (Å²) in [6.45, 7) is 0.418. The van der Waals surface area contributed by atoms with Gasteiger partial charge in [0.2, 0.25) is 10.0 Å². The number of hydrogen-bond acceptors (Lipinski definition) is 2. The van der Waals surface area contributed by atoms with E-state index < -0.39 is 10.0 Å². The lowest BCUT2D eigenvalue weighted by Crippen LogP contribution is -2.25. The number of hydrogen-bond donors (Lipinski definition) is 1. The minimum Gasteiger partial charge on any atom is -0.211 e. The Kier molecular flexibility index (Phi) is 5.17. The Morgan fingerprint density at radius 1 is 1.26 bits per heavy atom. The summed E-state index contributed by atoms with van der Waals surface area (Å²) in [5.74, 6) is 0.796. The van der Waals surface area contributed by atoms with Gasteiger partial charge in [-0.3, -0.25) is 0 Å². The zero-order valence-corrected chi connectivity index (χ0v) is 14.0. The SMILES string of the molecule is O=S(=O)(NCCCC1CC1)c1c(Cl)cc(Br)cc1Cl. The van der Waals surface area contributed by atoms with Crippen LogP contribution in [0.3, 0.4) is 0 Å². The van der Waals surface area contributed by atoms with Gasteiger partial charge in [-0.15, -0.1) is 0 Å². The van der Waals surface area contributed by atoms with Crippen molar-refractivity contribution in [3.05, 3.63) is 26.7 Å². The van der Waals surface area contributed by atoms with Gasteiger partial charge in [-0.05, 0) is 30.9 Å². The van der Waals surface area contributed by atoms with Crippen molar-refractivity contribution in [3.63, 3.8) is 0 Å². The summed E-state index contributed by atoms with van der Waals surface area (Å²) in [4.78, 5) is -0.0505. The Bertz CT molecular complexity index is 550. The zero-order chi connectivity index (χ0) is 14.0. The fourth-order valence-electron chi connectivity index (χ4n) is 1.86. The minimum atomic E-state index is -3.65. The van der Waals surface area contributed by atoms with E-state index in [1.54, 1.807) is 0 Å². The van der Waals surface area contributed by atoms with Crippen LogP contribution >= 0.6 is 39.1 Å². The maximum absolute atomic E-state index is 12.2. The summed E-state index contributed by atoms with van der Waals surface area (Å²) in [6.07, 6.45) is 4.47. The Labute approximate surface area is 131 Å². The maximum Gasteiger partial charge on any atom is 0.243 e. The molecule has 0 radical (unpaired) electrons. The first-order chi connectivity index (χ1) is 8.90. The van der Waals surface area contributed by atoms with Gasteiger partial charge < -0.3 is 0 Å². The molecule has 1 aromatic rings. The molecule has 0 spiro atoms. The van der Waals surface area contributed by atoms with E-state index in [1.165, 1.54) is 25.0 Å². The first kappa shape index (κ1) is 15.6. The van der Waals surface area contributed by atoms with Crippen molar-refractivity contribution < 1.29 is 8.42 Å². The molecule has 0 unspecified atom stereocenters. The molecule has 0 amide bonds. The van der Waals surface area contributed by atoms with Gasteiger partial charge in [-0.25, -0.2) is 13.1 Å². The highest BCUT2D eigenvalue weighted by molar-refractivity contribution is 9.10. The average molecular weight is 387 g/mol. The highest BCUT2D eigenvalue weighted by Crippen LogP contribution is 2.34. The molecule has 1 saturated carbocycles. The number of nitrogens with one attached hydrogen (secondary N) is 1. The van der Waals surface area contributed by atoms with Crippen LogP contribution in [0.25, 0.3) is 0 Å². The van der Waals surface area contributed by atoms with E-state index in [-0.39, 0.29) is 14.9 Å². The van der Waals surface area contributed by atoms with Gasteiger partial charge in [0.1, 0.15) is 4.90 Å². The second-order valence-electron chi connectivity index (χ2n) is 4.68. The molecular formula is C12H14BrCl2NO2S. The summed E-state index contributed by atoms with van der Waals surface area (Å²) in [5, 5.41) is 0.239. The summed E-state index contributed by atoms with van der Waals surface area (Å²) in [7, 11) is -3.65. The largest absolute Gasteiger partial charge is 0.243 e. The molecule has 0 heterocycles. The van der Waals surface area contributed by atoms with E-state index in [1.807, 2.05) is 0 Å². The fraction of sp³-hybridized carbons (Fsp3) is 0.500. The van der Waals surface area contributed by atoms with E-state index in [0.29, 0.717) is 11.0 Å². The van der Waals surface area contributed by atoms with Gasteiger partial charge in [-0.1, -0.05) is 52.0 Å². The van der Waals surface area contributed by atoms with Crippen LogP contribution < -0.4 is 4.72 Å². The van der Waals surface area contributed by atoms with Crippen molar-refractivity contribution in [1.82, 2.24) is 4.72 Å². The van der Waals surface area contributed by atoms with Gasteiger partial charge in [-0.2, -0.15) is 0 Å². The third-order valence-corrected chi connectivity index (χ3v) is 5.85. The van der Waals surface area contributed by atoms with Crippen LogP contribution in [0.4, 0.5) is 0 Å². The van der Waals surface area contributed by atoms with E-state index in [2.05, 4.69) is 20.7 Å². The molecule has 2 rings (SSSR count). The minimum absolute atomic E-state index is 0.0505. The number of rotatable bonds is 6. The van der Waals surface area contributed by atoms with Gasteiger partial charge in [0.05, 0.1) is 10.0 Å². The molecule has 0 bridgehead atoms. The smallest absolute Gasteiger partial charge is 0.211 e. The lowest BCUT2D eigenvalue weighted by atomic mass is 10.2. The number of sulfonamides is 1. The van der Waals surface area contributed by atoms with E-state index >= 15 is 0 Å². The molecule has 1 aliphatic rings. The molecule has 106 valence electrons. The molecule has 0 aliphatic heterocycles. The van der Waals surface area contributed by atoms with Crippen molar-refractivity contribution in [2.24, 2.45) is 5.92 Å². The monoisotopic (exact) mass is 385 g/mol. The molecular weight excluding hydrogens is 373 g/mol. The molecule has 1 aliphatic carbocycles. The van der Waals surface area contributed by atoms with Crippen LogP contribution in [-0.2, 0) is 10.0 Å². The van der Waals surface area contributed by atoms with E-state index in [0.717, 1.165) is 18.8 Å². The Morgan fingerprint density at radius 3 is 2.37 bits per heavy atom. The van der Waals surface area contributed by atoms with Gasteiger partial charge in [0.15, 0.2) is 0 Å². The average Bonchev–Trinajstić information content (AvgIpc) is 3.06. The van der Waals surface area contributed by atoms with Gasteiger partial charge in [0, 0.05) is 11.0 Å². The molecule has 19 heavy (non-hydrogen) atoms. The highest BCUT2D eigenvalue weighted by atomic mass is 79.9. The predicted octanol–water partition coefficient (Wildman–Crippen LogP) is 4.22. The lowest BCUT2D eigenvalue weighted by molar-refractivity contribution is 0.572. The van der Waals surface area contributed by atoms with Crippen LogP contribution in [0.5, 0.6) is 0 Å². The Balaban J connectivity index is 2.05. The molecule has 0 atom stereocenters. The second kappa shape index (κ2) is 6.31. The lowest BCUT2D eigenvalue weighted by Gasteiger charge is -2.10. The van der Waals surface area contributed by atoms with Crippen LogP contribution in [0, 0.1) is 5.92 Å². The van der Waals surface area contributed by atoms with Gasteiger partial charge >= 0.3 is 0 Å². The van der Waals surface area contributed by atoms with E-state index in [9.17, 15) is 8.42 Å². The summed E-state index contributed by atoms with van der Waals surface area (Å²) in [6, 6.07) is 3.04. The second-order valence-corrected chi connectivity index (χ2v) is 8.12. The van der Waals surface area contributed by atoms with Crippen LogP contribution in [-0.4, -0.2) is 15.0 Å². The van der Waals surface area contributed by atoms with Crippen molar-refractivity contribution in [2.75, 3.05) is 6.54 Å². The topological polar surface area (TPSA) is 46.2 Å². The normalized spacial score (nSPS) is 15.7. The summed E-state index contributed by atoms with van der Waals surface area (Å²) < 4.78 is 27.5. The van der Waals surface area contributed by atoms with E-state index in [4.69, 9.17) is 23.2 Å². The van der Waals surface area contributed by atoms with Crippen molar-refractivity contribution in [1.29, 1.82) is 0 Å². The van der Waals surface area contributed by atoms with Gasteiger partial charge in [0.25, 0.3) is 0 Å². The standard InChI is InChI=1S/C12H14BrCl2NO2S/c13-9-6-10(14)12(11(15)7-9)19(17,18)16-5-1-2-8-3-4-8/h6-8,16H,1-5H2. The summed E-state index contributed by atoms with van der Waals surface area (Å²) >= 11 is 15.1. The van der Waals surface area contributed by atoms with Crippen LogP contribution in [0.1, 0.15) is 25.7 Å². The molecule has 0 aromatic heterocycles. The first-order valence-corrected chi connectivity index (χ1v) is 9.07. The van der Waals surface area contributed by atoms with Crippen molar-refractivity contribution >= 4 is 49.2 Å². The zero-order valence-electron chi connectivity index (χ0n) is 10.1. The first-order valence-electron chi connectivity index (χ1n) is 6.04. The third-order valence-electron chi connectivity index (χ3n) is 3.01. The number of halogens is 3. The Hall–Kier alpha value is 0.190. The van der Waals surface area contributed by atoms with Crippen LogP contribution in [0.2, 0.25) is 10.0 Å². The number of benzene rings is 1. The quantitative estimate of drug-likeness (QED) is 0.743. The third kappa shape index (κ3) is 4.33. The van der Waals surface area contributed by atoms with Crippen molar-refractivity contribution in [3.8, 4) is 0 Å². The summed E-state index contributed by atoms with van der Waals surface area (Å²) in [5.41, 5.74) is 0. The predicted molar refractivity (Wildman–Crippen MR) is 81.3 cm³/mol. The molecule has 3 nitrogen and oxygen atoms in total.